The first-order valence-electron chi connectivity index (χ1n) is 9.09. The summed E-state index contributed by atoms with van der Waals surface area (Å²) in [6.45, 7) is 2.06. The van der Waals surface area contributed by atoms with E-state index < -0.39 is 24.4 Å². The molecule has 1 heterocycles. The van der Waals surface area contributed by atoms with Crippen LogP contribution in [0.5, 0.6) is 0 Å². The van der Waals surface area contributed by atoms with Gasteiger partial charge in [0.2, 0.25) is 0 Å². The zero-order valence-electron chi connectivity index (χ0n) is 14.4. The molecule has 23 heavy (non-hydrogen) atoms. The number of rotatable bonds is 13. The van der Waals surface area contributed by atoms with Crippen LogP contribution in [-0.4, -0.2) is 52.9 Å². The summed E-state index contributed by atoms with van der Waals surface area (Å²) >= 11 is 0. The molecule has 1 fully saturated rings. The van der Waals surface area contributed by atoms with Crippen LogP contribution in [0.25, 0.3) is 0 Å². The van der Waals surface area contributed by atoms with Gasteiger partial charge in [-0.3, -0.25) is 0 Å². The summed E-state index contributed by atoms with van der Waals surface area (Å²) in [5.74, 6) is 0. The lowest BCUT2D eigenvalue weighted by Crippen LogP contribution is -2.41. The van der Waals surface area contributed by atoms with Crippen LogP contribution in [0.2, 0.25) is 0 Å². The van der Waals surface area contributed by atoms with Crippen LogP contribution in [0.1, 0.15) is 64.7 Å². The fourth-order valence-corrected chi connectivity index (χ4v) is 2.80. The van der Waals surface area contributed by atoms with Crippen molar-refractivity contribution in [3.05, 3.63) is 12.3 Å². The van der Waals surface area contributed by atoms with Crippen LogP contribution in [-0.2, 0) is 9.47 Å². The highest BCUT2D eigenvalue weighted by Crippen LogP contribution is 2.19. The Hall–Kier alpha value is -0.620. The largest absolute Gasteiger partial charge is 0.493 e. The monoisotopic (exact) mass is 330 g/mol. The predicted octanol–water partition coefficient (Wildman–Crippen LogP) is 2.53. The summed E-state index contributed by atoms with van der Waals surface area (Å²) in [6.07, 6.45) is 11.6. The van der Waals surface area contributed by atoms with Gasteiger partial charge in [-0.2, -0.15) is 0 Å². The van der Waals surface area contributed by atoms with Crippen molar-refractivity contribution < 1.29 is 24.8 Å². The molecule has 4 atom stereocenters. The van der Waals surface area contributed by atoms with Crippen molar-refractivity contribution in [2.24, 2.45) is 0 Å². The molecule has 1 aliphatic rings. The Labute approximate surface area is 140 Å². The van der Waals surface area contributed by atoms with Crippen LogP contribution < -0.4 is 0 Å². The average molecular weight is 330 g/mol. The van der Waals surface area contributed by atoms with E-state index >= 15 is 0 Å². The number of aliphatic hydroxyl groups is 3. The van der Waals surface area contributed by atoms with Gasteiger partial charge in [0.1, 0.15) is 24.4 Å². The normalized spacial score (nSPS) is 26.0. The number of unbranched alkanes of at least 4 members (excludes halogenated alkanes) is 8. The van der Waals surface area contributed by atoms with Crippen molar-refractivity contribution in [1.82, 2.24) is 0 Å². The van der Waals surface area contributed by atoms with Crippen molar-refractivity contribution in [3.8, 4) is 0 Å². The Bertz CT molecular complexity index is 308. The van der Waals surface area contributed by atoms with Gasteiger partial charge < -0.3 is 24.8 Å². The van der Waals surface area contributed by atoms with Gasteiger partial charge in [-0.25, -0.2) is 0 Å². The molecule has 5 heteroatoms. The Kier molecular flexibility index (Phi) is 11.3. The van der Waals surface area contributed by atoms with Gasteiger partial charge in [-0.15, -0.1) is 0 Å². The fraction of sp³-hybridized carbons (Fsp3) is 0.889. The minimum absolute atomic E-state index is 0.0770. The lowest BCUT2D eigenvalue weighted by Gasteiger charge is -2.23. The second-order valence-electron chi connectivity index (χ2n) is 6.35. The Morgan fingerprint density at radius 3 is 2.30 bits per heavy atom. The first-order valence-corrected chi connectivity index (χ1v) is 9.09. The molecule has 3 N–H and O–H groups in total. The van der Waals surface area contributed by atoms with E-state index in [1.165, 1.54) is 44.9 Å². The molecule has 0 aromatic rings. The van der Waals surface area contributed by atoms with Crippen LogP contribution >= 0.6 is 0 Å². The molecule has 0 aromatic carbocycles. The highest BCUT2D eigenvalue weighted by Gasteiger charge is 2.40. The third-order valence-electron chi connectivity index (χ3n) is 4.31. The zero-order valence-corrected chi connectivity index (χ0v) is 14.4. The van der Waals surface area contributed by atoms with Crippen LogP contribution in [0.4, 0.5) is 0 Å². The first-order chi connectivity index (χ1) is 11.2. The van der Waals surface area contributed by atoms with Crippen molar-refractivity contribution in [3.63, 3.8) is 0 Å². The van der Waals surface area contributed by atoms with E-state index in [-0.39, 0.29) is 13.2 Å². The van der Waals surface area contributed by atoms with Gasteiger partial charge >= 0.3 is 0 Å². The molecule has 0 amide bonds. The fourth-order valence-electron chi connectivity index (χ4n) is 2.80. The molecular formula is C18H34O5. The summed E-state index contributed by atoms with van der Waals surface area (Å²) in [5.41, 5.74) is 0. The maximum atomic E-state index is 9.75. The number of aliphatic hydroxyl groups excluding tert-OH is 3. The molecule has 5 nitrogen and oxygen atoms in total. The standard InChI is InChI=1S/C18H34O5/c1-2-3-4-5-6-7-8-9-10-11-12-22-16(13-19)18-17(21)15(20)14-23-18/h11-12,15-21H,2-10,13-14H2,1H3/b12-11+/t15-,16+,17-,18-/m1/s1. The Morgan fingerprint density at radius 1 is 1.09 bits per heavy atom. The highest BCUT2D eigenvalue weighted by molar-refractivity contribution is 4.90. The van der Waals surface area contributed by atoms with Crippen LogP contribution in [0.15, 0.2) is 12.3 Å². The number of ether oxygens (including phenoxy) is 2. The highest BCUT2D eigenvalue weighted by atomic mass is 16.6. The molecule has 1 saturated heterocycles. The zero-order chi connectivity index (χ0) is 16.9. The topological polar surface area (TPSA) is 79.2 Å². The minimum atomic E-state index is -1.01. The van der Waals surface area contributed by atoms with Crippen molar-refractivity contribution in [2.75, 3.05) is 13.2 Å². The van der Waals surface area contributed by atoms with Crippen LogP contribution in [0, 0.1) is 0 Å². The summed E-state index contributed by atoms with van der Waals surface area (Å²) < 4.78 is 10.7. The molecule has 0 radical (unpaired) electrons. The molecule has 0 saturated carbocycles. The molecule has 1 aliphatic heterocycles. The third kappa shape index (κ3) is 8.15. The van der Waals surface area contributed by atoms with E-state index in [2.05, 4.69) is 6.92 Å². The van der Waals surface area contributed by atoms with E-state index in [1.54, 1.807) is 6.26 Å². The van der Waals surface area contributed by atoms with Gasteiger partial charge in [0.25, 0.3) is 0 Å². The van der Waals surface area contributed by atoms with Crippen LogP contribution in [0.3, 0.4) is 0 Å². The van der Waals surface area contributed by atoms with E-state index in [1.807, 2.05) is 6.08 Å². The minimum Gasteiger partial charge on any atom is -0.493 e. The lowest BCUT2D eigenvalue weighted by molar-refractivity contribution is -0.0737. The predicted molar refractivity (Wildman–Crippen MR) is 90.1 cm³/mol. The van der Waals surface area contributed by atoms with Crippen molar-refractivity contribution in [2.45, 2.75) is 89.1 Å². The second-order valence-corrected chi connectivity index (χ2v) is 6.35. The number of hydrogen-bond donors (Lipinski definition) is 3. The van der Waals surface area contributed by atoms with Crippen molar-refractivity contribution in [1.29, 1.82) is 0 Å². The third-order valence-corrected chi connectivity index (χ3v) is 4.31. The summed E-state index contributed by atoms with van der Waals surface area (Å²) in [4.78, 5) is 0. The first kappa shape index (κ1) is 20.4. The van der Waals surface area contributed by atoms with E-state index in [0.29, 0.717) is 0 Å². The molecule has 0 unspecified atom stereocenters. The summed E-state index contributed by atoms with van der Waals surface area (Å²) in [6, 6.07) is 0. The Balaban J connectivity index is 2.04. The second kappa shape index (κ2) is 12.8. The smallest absolute Gasteiger partial charge is 0.149 e. The number of allylic oxidation sites excluding steroid dienone is 1. The van der Waals surface area contributed by atoms with E-state index in [0.717, 1.165) is 12.8 Å². The Morgan fingerprint density at radius 2 is 1.74 bits per heavy atom. The van der Waals surface area contributed by atoms with E-state index in [9.17, 15) is 15.3 Å². The SMILES string of the molecule is CCCCCCCCCC/C=C/O[C@@H](CO)[C@H]1OC[C@@H](O)[C@H]1O. The summed E-state index contributed by atoms with van der Waals surface area (Å²) in [7, 11) is 0. The van der Waals surface area contributed by atoms with Crippen molar-refractivity contribution >= 4 is 0 Å². The molecule has 0 aliphatic carbocycles. The van der Waals surface area contributed by atoms with Gasteiger partial charge in [0.05, 0.1) is 19.5 Å². The maximum absolute atomic E-state index is 9.75. The lowest BCUT2D eigenvalue weighted by atomic mass is 10.1. The molecule has 136 valence electrons. The van der Waals surface area contributed by atoms with Gasteiger partial charge in [-0.1, -0.05) is 51.9 Å². The van der Waals surface area contributed by atoms with Gasteiger partial charge in [0, 0.05) is 0 Å². The summed E-state index contributed by atoms with van der Waals surface area (Å²) in [5, 5.41) is 28.5. The average Bonchev–Trinajstić information content (AvgIpc) is 2.88. The number of hydrogen-bond acceptors (Lipinski definition) is 5. The molecule has 0 aromatic heterocycles. The van der Waals surface area contributed by atoms with Gasteiger partial charge in [0.15, 0.2) is 0 Å². The van der Waals surface area contributed by atoms with Gasteiger partial charge in [-0.05, 0) is 18.9 Å². The van der Waals surface area contributed by atoms with E-state index in [4.69, 9.17) is 9.47 Å². The molecule has 1 rings (SSSR count). The quantitative estimate of drug-likeness (QED) is 0.357. The maximum Gasteiger partial charge on any atom is 0.149 e. The molecule has 0 bridgehead atoms. The molecule has 0 spiro atoms. The molecular weight excluding hydrogens is 296 g/mol.